The molecule has 1 amide bonds. The van der Waals surface area contributed by atoms with Gasteiger partial charge < -0.3 is 10.4 Å². The van der Waals surface area contributed by atoms with Gasteiger partial charge in [0.25, 0.3) is 0 Å². The van der Waals surface area contributed by atoms with Crippen molar-refractivity contribution in [1.29, 1.82) is 0 Å². The molecular formula is C19H20Cl2N2O4S. The smallest absolute Gasteiger partial charge is 0.238 e. The minimum atomic E-state index is -3.35. The zero-order valence-electron chi connectivity index (χ0n) is 14.9. The van der Waals surface area contributed by atoms with Gasteiger partial charge in [0.05, 0.1) is 40.9 Å². The van der Waals surface area contributed by atoms with E-state index in [1.807, 2.05) is 30.3 Å². The summed E-state index contributed by atoms with van der Waals surface area (Å²) in [7, 11) is -3.35. The molecule has 1 saturated heterocycles. The largest absolute Gasteiger partial charge is 0.390 e. The highest BCUT2D eigenvalue weighted by molar-refractivity contribution is 7.91. The first-order valence-corrected chi connectivity index (χ1v) is 11.2. The Hall–Kier alpha value is -1.64. The fourth-order valence-electron chi connectivity index (χ4n) is 3.24. The SMILES string of the molecule is O=C(CN(Cc1ccccc1)C1CS(=O)(=O)CC1O)Nc1cc(Cl)ccc1Cl. The van der Waals surface area contributed by atoms with Crippen molar-refractivity contribution >= 4 is 44.6 Å². The summed E-state index contributed by atoms with van der Waals surface area (Å²) in [4.78, 5) is 14.3. The minimum absolute atomic E-state index is 0.102. The van der Waals surface area contributed by atoms with E-state index >= 15 is 0 Å². The second kappa shape index (κ2) is 8.80. The maximum Gasteiger partial charge on any atom is 0.238 e. The number of benzene rings is 2. The Morgan fingerprint density at radius 3 is 2.50 bits per heavy atom. The standard InChI is InChI=1S/C19H20Cl2N2O4S/c20-14-6-7-15(21)16(8-14)22-19(25)10-23(9-13-4-2-1-3-5-13)17-11-28(26,27)12-18(17)24/h1-8,17-18,24H,9-12H2,(H,22,25). The molecule has 28 heavy (non-hydrogen) atoms. The molecule has 0 spiro atoms. The Labute approximate surface area is 174 Å². The number of rotatable bonds is 6. The van der Waals surface area contributed by atoms with Gasteiger partial charge in [-0.1, -0.05) is 53.5 Å². The third-order valence-electron chi connectivity index (χ3n) is 4.54. The summed E-state index contributed by atoms with van der Waals surface area (Å²) >= 11 is 12.0. The number of carbonyl (C=O) groups is 1. The van der Waals surface area contributed by atoms with Crippen molar-refractivity contribution in [1.82, 2.24) is 4.90 Å². The minimum Gasteiger partial charge on any atom is -0.390 e. The maximum absolute atomic E-state index is 12.6. The van der Waals surface area contributed by atoms with Crippen LogP contribution in [0.25, 0.3) is 0 Å². The van der Waals surface area contributed by atoms with Crippen molar-refractivity contribution in [3.05, 3.63) is 64.1 Å². The molecule has 3 rings (SSSR count). The lowest BCUT2D eigenvalue weighted by Crippen LogP contribution is -2.46. The molecule has 0 aliphatic carbocycles. The molecule has 2 unspecified atom stereocenters. The molecule has 0 radical (unpaired) electrons. The molecule has 1 aliphatic heterocycles. The maximum atomic E-state index is 12.6. The van der Waals surface area contributed by atoms with E-state index in [2.05, 4.69) is 5.32 Å². The molecule has 2 aromatic carbocycles. The average Bonchev–Trinajstić information content (AvgIpc) is 2.91. The number of anilines is 1. The monoisotopic (exact) mass is 442 g/mol. The predicted octanol–water partition coefficient (Wildman–Crippen LogP) is 2.59. The molecule has 1 fully saturated rings. The summed E-state index contributed by atoms with van der Waals surface area (Å²) in [5.74, 6) is -0.867. The van der Waals surface area contributed by atoms with Crippen LogP contribution in [0.5, 0.6) is 0 Å². The number of halogens is 2. The highest BCUT2D eigenvalue weighted by atomic mass is 35.5. The molecule has 2 aromatic rings. The van der Waals surface area contributed by atoms with Crippen LogP contribution >= 0.6 is 23.2 Å². The Bertz CT molecular complexity index is 954. The lowest BCUT2D eigenvalue weighted by molar-refractivity contribution is -0.118. The summed E-state index contributed by atoms with van der Waals surface area (Å²) in [6.45, 7) is 0.226. The number of sulfone groups is 1. The lowest BCUT2D eigenvalue weighted by Gasteiger charge is -2.29. The van der Waals surface area contributed by atoms with Crippen LogP contribution < -0.4 is 5.32 Å². The van der Waals surface area contributed by atoms with Gasteiger partial charge in [0.1, 0.15) is 0 Å². The first-order valence-electron chi connectivity index (χ1n) is 8.65. The van der Waals surface area contributed by atoms with E-state index < -0.39 is 22.0 Å². The zero-order chi connectivity index (χ0) is 20.3. The highest BCUT2D eigenvalue weighted by Crippen LogP contribution is 2.26. The van der Waals surface area contributed by atoms with Gasteiger partial charge in [0.15, 0.2) is 9.84 Å². The molecule has 1 aliphatic rings. The van der Waals surface area contributed by atoms with E-state index in [-0.39, 0.29) is 24.0 Å². The van der Waals surface area contributed by atoms with Crippen LogP contribution in [0, 0.1) is 0 Å². The van der Waals surface area contributed by atoms with Crippen LogP contribution in [0.3, 0.4) is 0 Å². The van der Waals surface area contributed by atoms with Crippen molar-refractivity contribution in [2.75, 3.05) is 23.4 Å². The van der Waals surface area contributed by atoms with Crippen molar-refractivity contribution in [2.24, 2.45) is 0 Å². The van der Waals surface area contributed by atoms with Crippen LogP contribution in [0.15, 0.2) is 48.5 Å². The number of hydrogen-bond acceptors (Lipinski definition) is 5. The average molecular weight is 443 g/mol. The summed E-state index contributed by atoms with van der Waals surface area (Å²) in [6, 6.07) is 13.4. The summed E-state index contributed by atoms with van der Waals surface area (Å²) in [5, 5.41) is 13.7. The molecule has 6 nitrogen and oxygen atoms in total. The highest BCUT2D eigenvalue weighted by Gasteiger charge is 2.40. The van der Waals surface area contributed by atoms with E-state index in [4.69, 9.17) is 23.2 Å². The van der Waals surface area contributed by atoms with Gasteiger partial charge in [0, 0.05) is 11.6 Å². The van der Waals surface area contributed by atoms with Gasteiger partial charge >= 0.3 is 0 Å². The van der Waals surface area contributed by atoms with Crippen LogP contribution in [-0.4, -0.2) is 54.5 Å². The third-order valence-corrected chi connectivity index (χ3v) is 6.80. The first-order chi connectivity index (χ1) is 13.2. The molecule has 0 saturated carbocycles. The van der Waals surface area contributed by atoms with Gasteiger partial charge in [-0.15, -0.1) is 0 Å². The first kappa shape index (κ1) is 21.1. The zero-order valence-corrected chi connectivity index (χ0v) is 17.2. The van der Waals surface area contributed by atoms with Crippen LogP contribution in [-0.2, 0) is 21.2 Å². The lowest BCUT2D eigenvalue weighted by atomic mass is 10.1. The Morgan fingerprint density at radius 1 is 1.14 bits per heavy atom. The number of carbonyl (C=O) groups excluding carboxylic acids is 1. The molecule has 9 heteroatoms. The number of aliphatic hydroxyl groups excluding tert-OH is 1. The molecule has 1 heterocycles. The van der Waals surface area contributed by atoms with Crippen molar-refractivity contribution in [2.45, 2.75) is 18.7 Å². The van der Waals surface area contributed by atoms with E-state index in [0.29, 0.717) is 22.3 Å². The van der Waals surface area contributed by atoms with Crippen LogP contribution in [0.4, 0.5) is 5.69 Å². The van der Waals surface area contributed by atoms with Gasteiger partial charge in [-0.05, 0) is 23.8 Å². The van der Waals surface area contributed by atoms with E-state index in [1.165, 1.54) is 6.07 Å². The molecule has 2 atom stereocenters. The van der Waals surface area contributed by atoms with Crippen LogP contribution in [0.1, 0.15) is 5.56 Å². The number of nitrogens with one attached hydrogen (secondary N) is 1. The Kier molecular flexibility index (Phi) is 6.62. The number of hydrogen-bond donors (Lipinski definition) is 2. The van der Waals surface area contributed by atoms with Gasteiger partial charge in [-0.25, -0.2) is 8.42 Å². The summed E-state index contributed by atoms with van der Waals surface area (Å²) < 4.78 is 23.9. The summed E-state index contributed by atoms with van der Waals surface area (Å²) in [5.41, 5.74) is 1.28. The second-order valence-electron chi connectivity index (χ2n) is 6.77. The predicted molar refractivity (Wildman–Crippen MR) is 110 cm³/mol. The van der Waals surface area contributed by atoms with Crippen molar-refractivity contribution in [3.63, 3.8) is 0 Å². The fraction of sp³-hybridized carbons (Fsp3) is 0.316. The number of aliphatic hydroxyl groups is 1. The van der Waals surface area contributed by atoms with Crippen LogP contribution in [0.2, 0.25) is 10.0 Å². The number of amides is 1. The number of nitrogens with zero attached hydrogens (tertiary/aromatic N) is 1. The van der Waals surface area contributed by atoms with E-state index in [1.54, 1.807) is 17.0 Å². The van der Waals surface area contributed by atoms with Gasteiger partial charge in [-0.2, -0.15) is 0 Å². The molecule has 2 N–H and O–H groups in total. The summed E-state index contributed by atoms with van der Waals surface area (Å²) in [6.07, 6.45) is -1.05. The molecule has 150 valence electrons. The normalized spacial score (nSPS) is 21.0. The fourth-order valence-corrected chi connectivity index (χ4v) is 5.40. The quantitative estimate of drug-likeness (QED) is 0.717. The van der Waals surface area contributed by atoms with Gasteiger partial charge in [-0.3, -0.25) is 9.69 Å². The molecule has 0 aromatic heterocycles. The van der Waals surface area contributed by atoms with E-state index in [9.17, 15) is 18.3 Å². The van der Waals surface area contributed by atoms with E-state index in [0.717, 1.165) is 5.56 Å². The van der Waals surface area contributed by atoms with Crippen molar-refractivity contribution in [3.8, 4) is 0 Å². The third kappa shape index (κ3) is 5.46. The Morgan fingerprint density at radius 2 is 1.86 bits per heavy atom. The second-order valence-corrected chi connectivity index (χ2v) is 9.77. The molecular weight excluding hydrogens is 423 g/mol. The molecule has 0 bridgehead atoms. The Balaban J connectivity index is 1.78. The topological polar surface area (TPSA) is 86.7 Å². The van der Waals surface area contributed by atoms with Crippen molar-refractivity contribution < 1.29 is 18.3 Å². The van der Waals surface area contributed by atoms with Gasteiger partial charge in [0.2, 0.25) is 5.91 Å².